The number of aromatic nitrogens is 2. The summed E-state index contributed by atoms with van der Waals surface area (Å²) in [6, 6.07) is 4.60. The summed E-state index contributed by atoms with van der Waals surface area (Å²) in [6.45, 7) is 2.07. The lowest BCUT2D eigenvalue weighted by Crippen LogP contribution is -2.05. The maximum atomic E-state index is 10.8. The zero-order valence-electron chi connectivity index (χ0n) is 10.5. The second kappa shape index (κ2) is 5.93. The third-order valence-electron chi connectivity index (χ3n) is 2.93. The van der Waals surface area contributed by atoms with E-state index in [0.29, 0.717) is 17.3 Å². The van der Waals surface area contributed by atoms with Crippen molar-refractivity contribution in [1.29, 1.82) is 0 Å². The number of nitro groups is 1. The van der Waals surface area contributed by atoms with E-state index in [1.54, 1.807) is 6.07 Å². The molecule has 19 heavy (non-hydrogen) atoms. The summed E-state index contributed by atoms with van der Waals surface area (Å²) in [5.74, 6) is 0. The minimum Gasteiger partial charge on any atom is -0.258 e. The standard InChI is InChI=1S/C13H14ClN3O2/c1-2-3-9(14)6-13-11-7-10(17(18)19)4-5-12(11)15-8-16-13/h4-5,7-9H,2-3,6H2,1H3. The number of benzene rings is 1. The molecule has 0 saturated carbocycles. The van der Waals surface area contributed by atoms with Gasteiger partial charge in [0.2, 0.25) is 0 Å². The Morgan fingerprint density at radius 3 is 2.89 bits per heavy atom. The van der Waals surface area contributed by atoms with Gasteiger partial charge in [0.1, 0.15) is 6.33 Å². The minimum atomic E-state index is -0.416. The largest absolute Gasteiger partial charge is 0.270 e. The molecule has 1 heterocycles. The van der Waals surface area contributed by atoms with Gasteiger partial charge in [-0.2, -0.15) is 0 Å². The average Bonchev–Trinajstić information content (AvgIpc) is 2.38. The molecule has 1 aromatic heterocycles. The number of nitrogens with zero attached hydrogens (tertiary/aromatic N) is 3. The highest BCUT2D eigenvalue weighted by Crippen LogP contribution is 2.23. The number of rotatable bonds is 5. The molecule has 0 bridgehead atoms. The number of hydrogen-bond donors (Lipinski definition) is 0. The van der Waals surface area contributed by atoms with Crippen molar-refractivity contribution >= 4 is 28.2 Å². The Morgan fingerprint density at radius 2 is 2.21 bits per heavy atom. The van der Waals surface area contributed by atoms with Crippen LogP contribution in [-0.4, -0.2) is 20.3 Å². The van der Waals surface area contributed by atoms with E-state index in [1.165, 1.54) is 18.5 Å². The van der Waals surface area contributed by atoms with Gasteiger partial charge in [-0.3, -0.25) is 10.1 Å². The first kappa shape index (κ1) is 13.7. The van der Waals surface area contributed by atoms with E-state index >= 15 is 0 Å². The second-order valence-electron chi connectivity index (χ2n) is 4.37. The van der Waals surface area contributed by atoms with Crippen LogP contribution < -0.4 is 0 Å². The Balaban J connectivity index is 2.42. The topological polar surface area (TPSA) is 68.9 Å². The fourth-order valence-electron chi connectivity index (χ4n) is 2.00. The van der Waals surface area contributed by atoms with Crippen molar-refractivity contribution in [1.82, 2.24) is 9.97 Å². The molecule has 6 heteroatoms. The molecule has 0 aliphatic carbocycles. The molecule has 0 spiro atoms. The summed E-state index contributed by atoms with van der Waals surface area (Å²) in [5, 5.41) is 11.5. The maximum Gasteiger partial charge on any atom is 0.270 e. The van der Waals surface area contributed by atoms with Crippen LogP contribution >= 0.6 is 11.6 Å². The van der Waals surface area contributed by atoms with Crippen LogP contribution in [0.5, 0.6) is 0 Å². The molecule has 0 N–H and O–H groups in total. The molecule has 2 aromatic rings. The number of non-ortho nitro benzene ring substituents is 1. The number of halogens is 1. The Hall–Kier alpha value is -1.75. The van der Waals surface area contributed by atoms with E-state index in [0.717, 1.165) is 18.5 Å². The van der Waals surface area contributed by atoms with E-state index in [-0.39, 0.29) is 11.1 Å². The summed E-state index contributed by atoms with van der Waals surface area (Å²) in [4.78, 5) is 18.7. The van der Waals surface area contributed by atoms with Gasteiger partial charge in [-0.1, -0.05) is 13.3 Å². The second-order valence-corrected chi connectivity index (χ2v) is 4.99. The summed E-state index contributed by atoms with van der Waals surface area (Å²) in [6.07, 6.45) is 3.95. The molecule has 0 radical (unpaired) electrons. The van der Waals surface area contributed by atoms with Crippen molar-refractivity contribution < 1.29 is 4.92 Å². The third-order valence-corrected chi connectivity index (χ3v) is 3.30. The lowest BCUT2D eigenvalue weighted by molar-refractivity contribution is -0.384. The molecule has 0 amide bonds. The molecule has 1 atom stereocenters. The minimum absolute atomic E-state index is 0.0117. The summed E-state index contributed by atoms with van der Waals surface area (Å²) in [5.41, 5.74) is 1.52. The smallest absolute Gasteiger partial charge is 0.258 e. The van der Waals surface area contributed by atoms with E-state index in [1.807, 2.05) is 0 Å². The van der Waals surface area contributed by atoms with Crippen molar-refractivity contribution in [3.63, 3.8) is 0 Å². The van der Waals surface area contributed by atoms with Crippen molar-refractivity contribution in [3.8, 4) is 0 Å². The first-order chi connectivity index (χ1) is 9.11. The molecule has 2 rings (SSSR count). The highest BCUT2D eigenvalue weighted by Gasteiger charge is 2.13. The number of alkyl halides is 1. The third kappa shape index (κ3) is 3.17. The fourth-order valence-corrected chi connectivity index (χ4v) is 2.36. The average molecular weight is 280 g/mol. The Bertz CT molecular complexity index is 603. The van der Waals surface area contributed by atoms with Crippen LogP contribution in [-0.2, 0) is 6.42 Å². The first-order valence-corrected chi connectivity index (χ1v) is 6.57. The van der Waals surface area contributed by atoms with Crippen LogP contribution in [0.2, 0.25) is 0 Å². The number of hydrogen-bond acceptors (Lipinski definition) is 4. The van der Waals surface area contributed by atoms with Gasteiger partial charge in [-0.15, -0.1) is 11.6 Å². The van der Waals surface area contributed by atoms with E-state index in [9.17, 15) is 10.1 Å². The molecular weight excluding hydrogens is 266 g/mol. The molecule has 0 aliphatic heterocycles. The van der Waals surface area contributed by atoms with Gasteiger partial charge in [0.15, 0.2) is 0 Å². The Labute approximate surface area is 115 Å². The normalized spacial score (nSPS) is 12.5. The predicted molar refractivity (Wildman–Crippen MR) is 74.4 cm³/mol. The van der Waals surface area contributed by atoms with Crippen LogP contribution in [0, 0.1) is 10.1 Å². The van der Waals surface area contributed by atoms with Gasteiger partial charge < -0.3 is 0 Å². The van der Waals surface area contributed by atoms with Crippen LogP contribution in [0.3, 0.4) is 0 Å². The maximum absolute atomic E-state index is 10.8. The highest BCUT2D eigenvalue weighted by molar-refractivity contribution is 6.20. The zero-order chi connectivity index (χ0) is 13.8. The molecule has 1 aromatic carbocycles. The zero-order valence-corrected chi connectivity index (χ0v) is 11.3. The first-order valence-electron chi connectivity index (χ1n) is 6.14. The lowest BCUT2D eigenvalue weighted by Gasteiger charge is -2.09. The molecule has 5 nitrogen and oxygen atoms in total. The van der Waals surface area contributed by atoms with Crippen LogP contribution in [0.4, 0.5) is 5.69 Å². The monoisotopic (exact) mass is 279 g/mol. The molecular formula is C13H14ClN3O2. The number of nitro benzene ring substituents is 1. The molecule has 0 fully saturated rings. The highest BCUT2D eigenvalue weighted by atomic mass is 35.5. The van der Waals surface area contributed by atoms with E-state index in [2.05, 4.69) is 16.9 Å². The van der Waals surface area contributed by atoms with Crippen molar-refractivity contribution in [2.75, 3.05) is 0 Å². The molecule has 0 aliphatic rings. The number of fused-ring (bicyclic) bond motifs is 1. The quantitative estimate of drug-likeness (QED) is 0.477. The van der Waals surface area contributed by atoms with E-state index in [4.69, 9.17) is 11.6 Å². The van der Waals surface area contributed by atoms with Gasteiger partial charge in [-0.05, 0) is 12.5 Å². The predicted octanol–water partition coefficient (Wildman–Crippen LogP) is 3.49. The Kier molecular flexibility index (Phi) is 4.27. The molecule has 1 unspecified atom stereocenters. The van der Waals surface area contributed by atoms with Gasteiger partial charge in [0, 0.05) is 29.3 Å². The van der Waals surface area contributed by atoms with Crippen LogP contribution in [0.1, 0.15) is 25.5 Å². The summed E-state index contributed by atoms with van der Waals surface area (Å²) >= 11 is 6.22. The molecule has 100 valence electrons. The van der Waals surface area contributed by atoms with E-state index < -0.39 is 4.92 Å². The molecule has 0 saturated heterocycles. The SMILES string of the molecule is CCCC(Cl)Cc1ncnc2ccc([N+](=O)[O-])cc12. The van der Waals surface area contributed by atoms with Crippen LogP contribution in [0.15, 0.2) is 24.5 Å². The van der Waals surface area contributed by atoms with Gasteiger partial charge in [0.05, 0.1) is 16.1 Å². The van der Waals surface area contributed by atoms with Crippen molar-refractivity contribution in [3.05, 3.63) is 40.3 Å². The Morgan fingerprint density at radius 1 is 1.42 bits per heavy atom. The fraction of sp³-hybridized carbons (Fsp3) is 0.385. The van der Waals surface area contributed by atoms with Gasteiger partial charge >= 0.3 is 0 Å². The van der Waals surface area contributed by atoms with Crippen molar-refractivity contribution in [2.45, 2.75) is 31.6 Å². The van der Waals surface area contributed by atoms with Crippen molar-refractivity contribution in [2.24, 2.45) is 0 Å². The lowest BCUT2D eigenvalue weighted by atomic mass is 10.1. The summed E-state index contributed by atoms with van der Waals surface area (Å²) in [7, 11) is 0. The summed E-state index contributed by atoms with van der Waals surface area (Å²) < 4.78 is 0. The van der Waals surface area contributed by atoms with Gasteiger partial charge in [-0.25, -0.2) is 9.97 Å². The van der Waals surface area contributed by atoms with Gasteiger partial charge in [0.25, 0.3) is 5.69 Å². The van der Waals surface area contributed by atoms with Crippen LogP contribution in [0.25, 0.3) is 10.9 Å².